The number of hydrogen-bond acceptors (Lipinski definition) is 5. The molecule has 3 rings (SSSR count). The maximum absolute atomic E-state index is 12.1. The molecule has 1 aromatic heterocycles. The third-order valence-electron chi connectivity index (χ3n) is 3.90. The lowest BCUT2D eigenvalue weighted by Crippen LogP contribution is -2.34. The van der Waals surface area contributed by atoms with Gasteiger partial charge in [-0.2, -0.15) is 0 Å². The van der Waals surface area contributed by atoms with Crippen LogP contribution in [-0.2, 0) is 12.8 Å². The molecule has 0 aliphatic heterocycles. The molecular weight excluding hydrogens is 266 g/mol. The molecule has 0 radical (unpaired) electrons. The average Bonchev–Trinajstić information content (AvgIpc) is 2.45. The standard InChI is InChI=1S/C15H21N5O/c1-19(2)8-7-16-15-17-13-9-11-5-3-4-6-12(11)10-14(13)20(21)18-15/h9-10H,3-8H2,1-2H3,(H,16,17,18). The fraction of sp³-hybridized carbons (Fsp3) is 0.533. The van der Waals surface area contributed by atoms with Crippen LogP contribution in [-0.4, -0.2) is 42.2 Å². The van der Waals surface area contributed by atoms with Crippen LogP contribution in [0.3, 0.4) is 0 Å². The first-order valence-electron chi connectivity index (χ1n) is 7.45. The van der Waals surface area contributed by atoms with Gasteiger partial charge in [-0.3, -0.25) is 0 Å². The van der Waals surface area contributed by atoms with Crippen molar-refractivity contribution in [2.75, 3.05) is 32.5 Å². The van der Waals surface area contributed by atoms with Gasteiger partial charge < -0.3 is 15.4 Å². The van der Waals surface area contributed by atoms with E-state index in [1.54, 1.807) is 0 Å². The summed E-state index contributed by atoms with van der Waals surface area (Å²) in [4.78, 5) is 7.23. The molecule has 1 aliphatic rings. The van der Waals surface area contributed by atoms with Gasteiger partial charge in [-0.05, 0) is 61.8 Å². The topological polar surface area (TPSA) is 68.0 Å². The van der Waals surface area contributed by atoms with Crippen LogP contribution in [0.4, 0.5) is 5.95 Å². The lowest BCUT2D eigenvalue weighted by atomic mass is 9.91. The Morgan fingerprint density at radius 2 is 1.95 bits per heavy atom. The zero-order chi connectivity index (χ0) is 14.8. The van der Waals surface area contributed by atoms with Crippen LogP contribution in [0.2, 0.25) is 0 Å². The van der Waals surface area contributed by atoms with Gasteiger partial charge in [0.1, 0.15) is 5.52 Å². The van der Waals surface area contributed by atoms with E-state index in [2.05, 4.69) is 26.4 Å². The molecule has 1 aliphatic carbocycles. The minimum atomic E-state index is 0.398. The summed E-state index contributed by atoms with van der Waals surface area (Å²) in [7, 11) is 4.01. The van der Waals surface area contributed by atoms with E-state index in [4.69, 9.17) is 0 Å². The minimum absolute atomic E-state index is 0.398. The summed E-state index contributed by atoms with van der Waals surface area (Å²) in [5.74, 6) is 0.398. The van der Waals surface area contributed by atoms with Gasteiger partial charge >= 0.3 is 0 Å². The predicted molar refractivity (Wildman–Crippen MR) is 82.2 cm³/mol. The molecule has 1 heterocycles. The Bertz CT molecular complexity index is 656. The molecule has 21 heavy (non-hydrogen) atoms. The van der Waals surface area contributed by atoms with Crippen molar-refractivity contribution in [2.24, 2.45) is 0 Å². The normalized spacial score (nSPS) is 14.4. The fourth-order valence-corrected chi connectivity index (χ4v) is 2.75. The smallest absolute Gasteiger partial charge is 0.290 e. The monoisotopic (exact) mass is 287 g/mol. The van der Waals surface area contributed by atoms with E-state index < -0.39 is 0 Å². The number of benzene rings is 1. The first-order valence-corrected chi connectivity index (χ1v) is 7.45. The van der Waals surface area contributed by atoms with Gasteiger partial charge in [-0.25, -0.2) is 4.98 Å². The van der Waals surface area contributed by atoms with E-state index in [0.29, 0.717) is 22.9 Å². The third-order valence-corrected chi connectivity index (χ3v) is 3.90. The summed E-state index contributed by atoms with van der Waals surface area (Å²) in [6.45, 7) is 1.58. The quantitative estimate of drug-likeness (QED) is 0.674. The minimum Gasteiger partial charge on any atom is -0.594 e. The van der Waals surface area contributed by atoms with Crippen molar-refractivity contribution in [1.29, 1.82) is 0 Å². The van der Waals surface area contributed by atoms with E-state index in [9.17, 15) is 5.21 Å². The van der Waals surface area contributed by atoms with E-state index in [1.807, 2.05) is 20.2 Å². The lowest BCUT2D eigenvalue weighted by molar-refractivity contribution is -0.641. The zero-order valence-electron chi connectivity index (χ0n) is 12.6. The average molecular weight is 287 g/mol. The third kappa shape index (κ3) is 3.05. The molecule has 6 heteroatoms. The Kier molecular flexibility index (Phi) is 3.88. The Morgan fingerprint density at radius 1 is 1.24 bits per heavy atom. The van der Waals surface area contributed by atoms with E-state index in [0.717, 1.165) is 24.9 Å². The number of nitrogens with one attached hydrogen (secondary N) is 1. The molecule has 2 aromatic rings. The van der Waals surface area contributed by atoms with E-state index in [1.165, 1.54) is 24.0 Å². The Morgan fingerprint density at radius 3 is 2.67 bits per heavy atom. The van der Waals surface area contributed by atoms with Gasteiger partial charge in [0.2, 0.25) is 0 Å². The van der Waals surface area contributed by atoms with Gasteiger partial charge in [0.15, 0.2) is 0 Å². The molecule has 1 N–H and O–H groups in total. The lowest BCUT2D eigenvalue weighted by Gasteiger charge is -2.15. The molecule has 0 saturated carbocycles. The predicted octanol–water partition coefficient (Wildman–Crippen LogP) is 1.12. The number of rotatable bonds is 4. The largest absolute Gasteiger partial charge is 0.594 e. The molecule has 112 valence electrons. The summed E-state index contributed by atoms with van der Waals surface area (Å²) in [6, 6.07) is 4.01. The molecular formula is C15H21N5O. The van der Waals surface area contributed by atoms with Crippen molar-refractivity contribution < 1.29 is 4.85 Å². The maximum Gasteiger partial charge on any atom is 0.290 e. The summed E-state index contributed by atoms with van der Waals surface area (Å²) in [5, 5.41) is 19.2. The maximum atomic E-state index is 12.1. The van der Waals surface area contributed by atoms with Crippen molar-refractivity contribution in [1.82, 2.24) is 15.0 Å². The Balaban J connectivity index is 1.91. The zero-order valence-corrected chi connectivity index (χ0v) is 12.6. The van der Waals surface area contributed by atoms with Crippen LogP contribution in [0.25, 0.3) is 11.0 Å². The molecule has 0 atom stereocenters. The first-order chi connectivity index (χ1) is 10.1. The molecule has 0 bridgehead atoms. The number of aryl methyl sites for hydroxylation is 2. The SMILES string of the molecule is CN(C)CCNc1nc2cc3c(cc2[n+]([O-])n1)CCCC3. The van der Waals surface area contributed by atoms with Crippen LogP contribution in [0.5, 0.6) is 0 Å². The van der Waals surface area contributed by atoms with Crippen LogP contribution in [0.1, 0.15) is 24.0 Å². The van der Waals surface area contributed by atoms with Crippen molar-refractivity contribution in [2.45, 2.75) is 25.7 Å². The van der Waals surface area contributed by atoms with Crippen molar-refractivity contribution in [3.63, 3.8) is 0 Å². The van der Waals surface area contributed by atoms with Crippen molar-refractivity contribution in [3.05, 3.63) is 28.5 Å². The highest BCUT2D eigenvalue weighted by Gasteiger charge is 2.17. The van der Waals surface area contributed by atoms with Crippen molar-refractivity contribution in [3.8, 4) is 0 Å². The number of hydrogen-bond donors (Lipinski definition) is 1. The molecule has 0 fully saturated rings. The molecule has 0 unspecified atom stereocenters. The highest BCUT2D eigenvalue weighted by atomic mass is 16.5. The summed E-state index contributed by atoms with van der Waals surface area (Å²) >= 11 is 0. The second-order valence-corrected chi connectivity index (χ2v) is 5.86. The van der Waals surface area contributed by atoms with Crippen LogP contribution in [0, 0.1) is 5.21 Å². The number of anilines is 1. The highest BCUT2D eigenvalue weighted by Crippen LogP contribution is 2.24. The van der Waals surface area contributed by atoms with Gasteiger partial charge in [0.25, 0.3) is 11.5 Å². The number of nitrogens with zero attached hydrogens (tertiary/aromatic N) is 4. The first kappa shape index (κ1) is 14.0. The van der Waals surface area contributed by atoms with Crippen molar-refractivity contribution >= 4 is 17.0 Å². The molecule has 0 saturated heterocycles. The number of aromatic nitrogens is 3. The Labute approximate surface area is 124 Å². The second kappa shape index (κ2) is 5.81. The number of fused-ring (bicyclic) bond motifs is 2. The molecule has 6 nitrogen and oxygen atoms in total. The van der Waals surface area contributed by atoms with Crippen LogP contribution < -0.4 is 10.2 Å². The van der Waals surface area contributed by atoms with Gasteiger partial charge in [0.05, 0.1) is 5.10 Å². The van der Waals surface area contributed by atoms with Crippen LogP contribution >= 0.6 is 0 Å². The van der Waals surface area contributed by atoms with E-state index >= 15 is 0 Å². The van der Waals surface area contributed by atoms with Gasteiger partial charge in [-0.1, -0.05) is 0 Å². The van der Waals surface area contributed by atoms with E-state index in [-0.39, 0.29) is 0 Å². The second-order valence-electron chi connectivity index (χ2n) is 5.86. The summed E-state index contributed by atoms with van der Waals surface area (Å²) < 4.78 is 0. The Hall–Kier alpha value is -1.95. The fourth-order valence-electron chi connectivity index (χ4n) is 2.75. The molecule has 0 amide bonds. The molecule has 1 aromatic carbocycles. The summed E-state index contributed by atoms with van der Waals surface area (Å²) in [5.41, 5.74) is 3.89. The van der Waals surface area contributed by atoms with Crippen LogP contribution in [0.15, 0.2) is 12.1 Å². The van der Waals surface area contributed by atoms with Gasteiger partial charge in [-0.15, -0.1) is 0 Å². The molecule has 0 spiro atoms. The summed E-state index contributed by atoms with van der Waals surface area (Å²) in [6.07, 6.45) is 4.54. The highest BCUT2D eigenvalue weighted by molar-refractivity contribution is 5.74. The van der Waals surface area contributed by atoms with Gasteiger partial charge in [0, 0.05) is 19.2 Å². The number of likely N-dealkylation sites (N-methyl/N-ethyl adjacent to an activating group) is 1.